The molecule has 2 amide bonds. The Labute approximate surface area is 142 Å². The van der Waals surface area contributed by atoms with Crippen LogP contribution in [0.15, 0.2) is 54.9 Å². The van der Waals surface area contributed by atoms with Gasteiger partial charge in [-0.1, -0.05) is 12.1 Å². The molecule has 1 heterocycles. The van der Waals surface area contributed by atoms with Crippen molar-refractivity contribution in [3.8, 4) is 0 Å². The molecule has 0 saturated heterocycles. The van der Waals surface area contributed by atoms with E-state index < -0.39 is 11.8 Å². The second-order valence-electron chi connectivity index (χ2n) is 4.52. The summed E-state index contributed by atoms with van der Waals surface area (Å²) >= 11 is 4.89. The molecule has 0 aliphatic rings. The van der Waals surface area contributed by atoms with Crippen molar-refractivity contribution in [3.05, 3.63) is 71.8 Å². The number of amides is 2. The van der Waals surface area contributed by atoms with E-state index in [1.54, 1.807) is 0 Å². The van der Waals surface area contributed by atoms with Crippen LogP contribution in [0.25, 0.3) is 6.08 Å². The maximum Gasteiger partial charge on any atom is 0.269 e. The molecule has 3 N–H and O–H groups in total. The standard InChI is InChI=1S/C16H13FN4O2S/c17-13-4-1-11(2-5-13)3-6-14(22)19-16(24)21-20-15(23)12-7-9-18-10-8-12/h1-10H,(H,20,23)(H2,19,21,22,24)/b6-3+. The van der Waals surface area contributed by atoms with E-state index in [-0.39, 0.29) is 10.9 Å². The minimum atomic E-state index is -0.491. The van der Waals surface area contributed by atoms with Crippen LogP contribution in [-0.4, -0.2) is 21.9 Å². The molecule has 2 aromatic rings. The fourth-order valence-electron chi connectivity index (χ4n) is 1.62. The Bertz CT molecular complexity index is 763. The van der Waals surface area contributed by atoms with E-state index in [0.29, 0.717) is 11.1 Å². The van der Waals surface area contributed by atoms with Gasteiger partial charge in [0.05, 0.1) is 0 Å². The van der Waals surface area contributed by atoms with Gasteiger partial charge in [-0.3, -0.25) is 30.7 Å². The number of rotatable bonds is 3. The number of thiocarbonyl (C=S) groups is 1. The third kappa shape index (κ3) is 5.58. The number of hydrogen-bond acceptors (Lipinski definition) is 4. The predicted molar refractivity (Wildman–Crippen MR) is 91.0 cm³/mol. The number of benzene rings is 1. The van der Waals surface area contributed by atoms with Gasteiger partial charge in [0.2, 0.25) is 5.91 Å². The van der Waals surface area contributed by atoms with Crippen LogP contribution < -0.4 is 16.2 Å². The Morgan fingerprint density at radius 3 is 2.38 bits per heavy atom. The molecule has 2 rings (SSSR count). The van der Waals surface area contributed by atoms with Gasteiger partial charge in [0.1, 0.15) is 5.82 Å². The summed E-state index contributed by atoms with van der Waals surface area (Å²) in [7, 11) is 0. The van der Waals surface area contributed by atoms with Crippen LogP contribution in [0.4, 0.5) is 4.39 Å². The molecule has 0 spiro atoms. The molecule has 0 bridgehead atoms. The van der Waals surface area contributed by atoms with E-state index in [1.807, 2.05) is 0 Å². The zero-order valence-electron chi connectivity index (χ0n) is 12.3. The van der Waals surface area contributed by atoms with Crippen molar-refractivity contribution in [2.24, 2.45) is 0 Å². The topological polar surface area (TPSA) is 83.1 Å². The van der Waals surface area contributed by atoms with E-state index in [0.717, 1.165) is 0 Å². The summed E-state index contributed by atoms with van der Waals surface area (Å²) < 4.78 is 12.8. The summed E-state index contributed by atoms with van der Waals surface area (Å²) in [5.74, 6) is -1.27. The maximum atomic E-state index is 12.8. The molecule has 0 atom stereocenters. The number of carbonyl (C=O) groups is 2. The monoisotopic (exact) mass is 344 g/mol. The minimum absolute atomic E-state index is 0.0637. The van der Waals surface area contributed by atoms with Crippen LogP contribution in [0.1, 0.15) is 15.9 Å². The van der Waals surface area contributed by atoms with Crippen LogP contribution in [0, 0.1) is 5.82 Å². The van der Waals surface area contributed by atoms with Crippen molar-refractivity contribution >= 4 is 35.2 Å². The molecular formula is C16H13FN4O2S. The zero-order valence-corrected chi connectivity index (χ0v) is 13.1. The van der Waals surface area contributed by atoms with Crippen molar-refractivity contribution in [3.63, 3.8) is 0 Å². The number of hydrazine groups is 1. The lowest BCUT2D eigenvalue weighted by atomic mass is 10.2. The number of pyridine rings is 1. The first-order valence-corrected chi connectivity index (χ1v) is 7.20. The first kappa shape index (κ1) is 17.2. The lowest BCUT2D eigenvalue weighted by molar-refractivity contribution is -0.115. The Kier molecular flexibility index (Phi) is 6.09. The second kappa shape index (κ2) is 8.49. The molecule has 1 aromatic heterocycles. The third-order valence-electron chi connectivity index (χ3n) is 2.77. The molecule has 0 aliphatic heterocycles. The SMILES string of the molecule is O=C(/C=C/c1ccc(F)cc1)NC(=S)NNC(=O)c1ccncc1. The quantitative estimate of drug-likeness (QED) is 0.447. The van der Waals surface area contributed by atoms with Crippen LogP contribution in [0.5, 0.6) is 0 Å². The van der Waals surface area contributed by atoms with Crippen LogP contribution in [0.3, 0.4) is 0 Å². The van der Waals surface area contributed by atoms with Gasteiger partial charge >= 0.3 is 0 Å². The Hall–Kier alpha value is -3.13. The van der Waals surface area contributed by atoms with Gasteiger partial charge < -0.3 is 0 Å². The largest absolute Gasteiger partial charge is 0.298 e. The normalized spacial score (nSPS) is 10.2. The number of nitrogens with zero attached hydrogens (tertiary/aromatic N) is 1. The first-order chi connectivity index (χ1) is 11.5. The summed E-state index contributed by atoms with van der Waals surface area (Å²) in [5, 5.41) is 2.30. The molecule has 24 heavy (non-hydrogen) atoms. The number of aromatic nitrogens is 1. The fourth-order valence-corrected chi connectivity index (χ4v) is 1.77. The number of carbonyl (C=O) groups excluding carboxylic acids is 2. The third-order valence-corrected chi connectivity index (χ3v) is 2.97. The molecule has 6 nitrogen and oxygen atoms in total. The zero-order chi connectivity index (χ0) is 17.4. The van der Waals surface area contributed by atoms with E-state index in [2.05, 4.69) is 21.2 Å². The van der Waals surface area contributed by atoms with Gasteiger partial charge in [-0.2, -0.15) is 0 Å². The highest BCUT2D eigenvalue weighted by atomic mass is 32.1. The summed E-state index contributed by atoms with van der Waals surface area (Å²) in [6, 6.07) is 8.71. The summed E-state index contributed by atoms with van der Waals surface area (Å²) in [6.45, 7) is 0. The highest BCUT2D eigenvalue weighted by molar-refractivity contribution is 7.80. The van der Waals surface area contributed by atoms with Crippen molar-refractivity contribution in [2.75, 3.05) is 0 Å². The van der Waals surface area contributed by atoms with E-state index in [1.165, 1.54) is 60.9 Å². The van der Waals surface area contributed by atoms with E-state index in [4.69, 9.17) is 12.2 Å². The Morgan fingerprint density at radius 2 is 1.71 bits per heavy atom. The van der Waals surface area contributed by atoms with Crippen molar-refractivity contribution < 1.29 is 14.0 Å². The van der Waals surface area contributed by atoms with Crippen LogP contribution in [-0.2, 0) is 4.79 Å². The number of halogens is 1. The maximum absolute atomic E-state index is 12.8. The van der Waals surface area contributed by atoms with Gasteiger partial charge in [0.25, 0.3) is 5.91 Å². The van der Waals surface area contributed by atoms with Gasteiger partial charge in [-0.15, -0.1) is 0 Å². The van der Waals surface area contributed by atoms with Crippen LogP contribution in [0.2, 0.25) is 0 Å². The van der Waals surface area contributed by atoms with E-state index >= 15 is 0 Å². The molecule has 0 saturated carbocycles. The molecule has 0 radical (unpaired) electrons. The summed E-state index contributed by atoms with van der Waals surface area (Å²) in [5.41, 5.74) is 5.81. The van der Waals surface area contributed by atoms with Crippen molar-refractivity contribution in [1.82, 2.24) is 21.2 Å². The highest BCUT2D eigenvalue weighted by Gasteiger charge is 2.05. The Morgan fingerprint density at radius 1 is 1.04 bits per heavy atom. The number of nitrogens with one attached hydrogen (secondary N) is 3. The van der Waals surface area contributed by atoms with E-state index in [9.17, 15) is 14.0 Å². The van der Waals surface area contributed by atoms with Gasteiger partial charge in [0, 0.05) is 24.0 Å². The summed E-state index contributed by atoms with van der Waals surface area (Å²) in [6.07, 6.45) is 5.71. The molecule has 0 aliphatic carbocycles. The predicted octanol–water partition coefficient (Wildman–Crippen LogP) is 1.57. The average Bonchev–Trinajstić information content (AvgIpc) is 2.60. The van der Waals surface area contributed by atoms with Crippen LogP contribution >= 0.6 is 12.2 Å². The molecular weight excluding hydrogens is 331 g/mol. The highest BCUT2D eigenvalue weighted by Crippen LogP contribution is 2.04. The lowest BCUT2D eigenvalue weighted by Crippen LogP contribution is -2.48. The molecule has 0 unspecified atom stereocenters. The fraction of sp³-hybridized carbons (Fsp3) is 0. The van der Waals surface area contributed by atoms with Gasteiger partial charge in [-0.25, -0.2) is 4.39 Å². The van der Waals surface area contributed by atoms with Gasteiger partial charge in [0.15, 0.2) is 5.11 Å². The smallest absolute Gasteiger partial charge is 0.269 e. The molecule has 8 heteroatoms. The van der Waals surface area contributed by atoms with Crippen molar-refractivity contribution in [2.45, 2.75) is 0 Å². The molecule has 1 aromatic carbocycles. The van der Waals surface area contributed by atoms with Crippen molar-refractivity contribution in [1.29, 1.82) is 0 Å². The average molecular weight is 344 g/mol. The molecule has 122 valence electrons. The minimum Gasteiger partial charge on any atom is -0.298 e. The first-order valence-electron chi connectivity index (χ1n) is 6.79. The lowest BCUT2D eigenvalue weighted by Gasteiger charge is -2.09. The summed E-state index contributed by atoms with van der Waals surface area (Å²) in [4.78, 5) is 27.2. The number of hydrogen-bond donors (Lipinski definition) is 3. The van der Waals surface area contributed by atoms with Gasteiger partial charge in [-0.05, 0) is 48.1 Å². The molecule has 0 fully saturated rings. The second-order valence-corrected chi connectivity index (χ2v) is 4.93. The Balaban J connectivity index is 1.78.